The van der Waals surface area contributed by atoms with Gasteiger partial charge in [-0.1, -0.05) is 11.8 Å². The van der Waals surface area contributed by atoms with Crippen LogP contribution >= 0.6 is 23.5 Å². The topological polar surface area (TPSA) is 24.4 Å². The van der Waals surface area contributed by atoms with E-state index in [1.165, 1.54) is 42.4 Å². The number of thioether (sulfide) groups is 2. The first-order valence-corrected chi connectivity index (χ1v) is 8.00. The van der Waals surface area contributed by atoms with E-state index in [0.717, 1.165) is 17.7 Å². The fraction of sp³-hybridized carbons (Fsp3) is 0.909. The molecule has 1 saturated heterocycles. The number of hydrogen-bond acceptors (Lipinski definition) is 4. The molecule has 0 radical (unpaired) electrons. The van der Waals surface area contributed by atoms with E-state index in [-0.39, 0.29) is 0 Å². The maximum Gasteiger partial charge on any atom is 0.157 e. The fourth-order valence-corrected chi connectivity index (χ4v) is 4.57. The second kappa shape index (κ2) is 4.58. The van der Waals surface area contributed by atoms with Crippen LogP contribution in [0.15, 0.2) is 4.99 Å². The number of aliphatic imine (C=N–C) groups is 1. The maximum atomic E-state index is 4.63. The van der Waals surface area contributed by atoms with E-state index in [2.05, 4.69) is 22.1 Å². The highest BCUT2D eigenvalue weighted by Crippen LogP contribution is 2.41. The summed E-state index contributed by atoms with van der Waals surface area (Å²) in [4.78, 5) is 4.63. The van der Waals surface area contributed by atoms with Crippen molar-refractivity contribution in [1.82, 2.24) is 5.32 Å². The molecule has 84 valence electrons. The van der Waals surface area contributed by atoms with Gasteiger partial charge in [-0.05, 0) is 37.4 Å². The Balaban J connectivity index is 1.46. The summed E-state index contributed by atoms with van der Waals surface area (Å²) in [7, 11) is 0. The molecule has 3 rings (SSSR count). The fourth-order valence-electron chi connectivity index (χ4n) is 2.21. The van der Waals surface area contributed by atoms with E-state index in [4.69, 9.17) is 0 Å². The lowest BCUT2D eigenvalue weighted by molar-refractivity contribution is 0.597. The first-order valence-electron chi connectivity index (χ1n) is 5.97. The molecule has 3 aliphatic rings. The highest BCUT2D eigenvalue weighted by molar-refractivity contribution is 8.14. The molecule has 0 aromatic carbocycles. The number of amidine groups is 1. The summed E-state index contributed by atoms with van der Waals surface area (Å²) >= 11 is 4.08. The van der Waals surface area contributed by atoms with Crippen LogP contribution in [0.4, 0.5) is 0 Å². The number of hydrogen-bond donors (Lipinski definition) is 1. The van der Waals surface area contributed by atoms with E-state index >= 15 is 0 Å². The number of nitrogens with zero attached hydrogens (tertiary/aromatic N) is 1. The molecule has 0 amide bonds. The van der Waals surface area contributed by atoms with E-state index in [1.807, 2.05) is 11.8 Å². The predicted octanol–water partition coefficient (Wildman–Crippen LogP) is 2.35. The molecule has 2 nitrogen and oxygen atoms in total. The predicted molar refractivity (Wildman–Crippen MR) is 69.9 cm³/mol. The van der Waals surface area contributed by atoms with Crippen molar-refractivity contribution in [3.8, 4) is 0 Å². The Morgan fingerprint density at radius 2 is 2.20 bits per heavy atom. The van der Waals surface area contributed by atoms with Crippen molar-refractivity contribution >= 4 is 28.7 Å². The third-order valence-electron chi connectivity index (χ3n) is 3.31. The molecule has 0 aromatic heterocycles. The second-order valence-electron chi connectivity index (χ2n) is 4.70. The monoisotopic (exact) mass is 242 g/mol. The SMILES string of the molecule is C1CSCC(NC2=NCC(C3CC3)S2)C1. The number of nitrogens with one attached hydrogen (secondary N) is 1. The largest absolute Gasteiger partial charge is 0.361 e. The van der Waals surface area contributed by atoms with Gasteiger partial charge in [0.2, 0.25) is 0 Å². The molecule has 0 aromatic rings. The van der Waals surface area contributed by atoms with E-state index in [0.29, 0.717) is 6.04 Å². The molecule has 1 aliphatic carbocycles. The second-order valence-corrected chi connectivity index (χ2v) is 7.08. The van der Waals surface area contributed by atoms with Crippen molar-refractivity contribution < 1.29 is 0 Å². The van der Waals surface area contributed by atoms with Gasteiger partial charge in [-0.25, -0.2) is 0 Å². The Labute approximate surface area is 100 Å². The van der Waals surface area contributed by atoms with Crippen LogP contribution in [0.25, 0.3) is 0 Å². The van der Waals surface area contributed by atoms with E-state index < -0.39 is 0 Å². The first-order chi connectivity index (χ1) is 7.42. The molecule has 2 aliphatic heterocycles. The molecule has 4 heteroatoms. The zero-order valence-corrected chi connectivity index (χ0v) is 10.6. The molecule has 0 spiro atoms. The molecule has 15 heavy (non-hydrogen) atoms. The maximum absolute atomic E-state index is 4.63. The van der Waals surface area contributed by atoms with Gasteiger partial charge in [0.1, 0.15) is 0 Å². The first kappa shape index (κ1) is 10.3. The molecular formula is C11H18N2S2. The minimum Gasteiger partial charge on any atom is -0.361 e. The van der Waals surface area contributed by atoms with E-state index in [1.54, 1.807) is 0 Å². The van der Waals surface area contributed by atoms with Gasteiger partial charge in [0, 0.05) is 17.0 Å². The third-order valence-corrected chi connectivity index (χ3v) is 5.84. The van der Waals surface area contributed by atoms with Crippen molar-refractivity contribution in [3.63, 3.8) is 0 Å². The highest BCUT2D eigenvalue weighted by atomic mass is 32.2. The molecule has 2 heterocycles. The Morgan fingerprint density at radius 3 is 2.93 bits per heavy atom. The zero-order chi connectivity index (χ0) is 10.1. The van der Waals surface area contributed by atoms with Crippen LogP contribution < -0.4 is 5.32 Å². The Hall–Kier alpha value is 0.170. The summed E-state index contributed by atoms with van der Waals surface area (Å²) < 4.78 is 0. The molecule has 1 saturated carbocycles. The van der Waals surface area contributed by atoms with Gasteiger partial charge >= 0.3 is 0 Å². The summed E-state index contributed by atoms with van der Waals surface area (Å²) in [5, 5.41) is 5.67. The van der Waals surface area contributed by atoms with Gasteiger partial charge in [-0.15, -0.1) is 0 Å². The summed E-state index contributed by atoms with van der Waals surface area (Å²) in [6.07, 6.45) is 5.59. The molecular weight excluding hydrogens is 224 g/mol. The summed E-state index contributed by atoms with van der Waals surface area (Å²) in [6.45, 7) is 1.07. The lowest BCUT2D eigenvalue weighted by atomic mass is 10.2. The third kappa shape index (κ3) is 2.64. The lowest BCUT2D eigenvalue weighted by Gasteiger charge is -2.23. The van der Waals surface area contributed by atoms with Gasteiger partial charge in [-0.2, -0.15) is 11.8 Å². The van der Waals surface area contributed by atoms with Crippen LogP contribution in [0.2, 0.25) is 0 Å². The molecule has 2 atom stereocenters. The van der Waals surface area contributed by atoms with Gasteiger partial charge < -0.3 is 5.32 Å². The minimum absolute atomic E-state index is 0.688. The van der Waals surface area contributed by atoms with Crippen molar-refractivity contribution in [2.24, 2.45) is 10.9 Å². The normalized spacial score (nSPS) is 36.4. The van der Waals surface area contributed by atoms with Crippen molar-refractivity contribution in [2.75, 3.05) is 18.1 Å². The van der Waals surface area contributed by atoms with Gasteiger partial charge in [0.05, 0.1) is 6.54 Å². The van der Waals surface area contributed by atoms with Crippen LogP contribution in [0, 0.1) is 5.92 Å². The van der Waals surface area contributed by atoms with Crippen LogP contribution in [-0.2, 0) is 0 Å². The minimum atomic E-state index is 0.688. The Morgan fingerprint density at radius 1 is 1.27 bits per heavy atom. The standard InChI is InChI=1S/C11H18N2S2/c1-2-9(7-14-5-1)13-11-12-6-10(15-11)8-3-4-8/h8-10H,1-7H2,(H,12,13). The summed E-state index contributed by atoms with van der Waals surface area (Å²) in [5.41, 5.74) is 0. The smallest absolute Gasteiger partial charge is 0.157 e. The Kier molecular flexibility index (Phi) is 3.15. The van der Waals surface area contributed by atoms with E-state index in [9.17, 15) is 0 Å². The van der Waals surface area contributed by atoms with Crippen molar-refractivity contribution in [1.29, 1.82) is 0 Å². The molecule has 0 bridgehead atoms. The summed E-state index contributed by atoms with van der Waals surface area (Å²) in [5.74, 6) is 3.61. The van der Waals surface area contributed by atoms with Gasteiger partial charge in [0.25, 0.3) is 0 Å². The average Bonchev–Trinajstić information content (AvgIpc) is 3.02. The Bertz CT molecular complexity index is 257. The van der Waals surface area contributed by atoms with Gasteiger partial charge in [-0.3, -0.25) is 4.99 Å². The van der Waals surface area contributed by atoms with Crippen molar-refractivity contribution in [2.45, 2.75) is 37.0 Å². The van der Waals surface area contributed by atoms with Crippen molar-refractivity contribution in [3.05, 3.63) is 0 Å². The number of rotatable bonds is 2. The molecule has 1 N–H and O–H groups in total. The van der Waals surface area contributed by atoms with Gasteiger partial charge in [0.15, 0.2) is 5.17 Å². The van der Waals surface area contributed by atoms with Crippen LogP contribution in [-0.4, -0.2) is 34.5 Å². The average molecular weight is 242 g/mol. The molecule has 2 unspecified atom stereocenters. The van der Waals surface area contributed by atoms with Crippen LogP contribution in [0.5, 0.6) is 0 Å². The zero-order valence-electron chi connectivity index (χ0n) is 8.95. The molecule has 2 fully saturated rings. The quantitative estimate of drug-likeness (QED) is 0.804. The summed E-state index contributed by atoms with van der Waals surface area (Å²) in [6, 6.07) is 0.688. The highest BCUT2D eigenvalue weighted by Gasteiger charge is 2.35. The van der Waals surface area contributed by atoms with Crippen LogP contribution in [0.1, 0.15) is 25.7 Å². The van der Waals surface area contributed by atoms with Crippen LogP contribution in [0.3, 0.4) is 0 Å². The lowest BCUT2D eigenvalue weighted by Crippen LogP contribution is -2.36.